The average molecular weight is 574 g/mol. The van der Waals surface area contributed by atoms with Gasteiger partial charge in [0, 0.05) is 59.8 Å². The molecule has 218 valence electrons. The average Bonchev–Trinajstić information content (AvgIpc) is 2.97. The predicted molar refractivity (Wildman–Crippen MR) is 153 cm³/mol. The van der Waals surface area contributed by atoms with Crippen LogP contribution in [0.5, 0.6) is 11.5 Å². The number of likely N-dealkylation sites (tertiary alicyclic amines) is 1. The number of nitrogens with one attached hydrogen (secondary N) is 1. The lowest BCUT2D eigenvalue weighted by molar-refractivity contribution is -0.140. The van der Waals surface area contributed by atoms with Gasteiger partial charge in [-0.1, -0.05) is 6.07 Å². The van der Waals surface area contributed by atoms with Crippen molar-refractivity contribution < 1.29 is 23.8 Å². The molecule has 2 N–H and O–H groups in total. The van der Waals surface area contributed by atoms with Gasteiger partial charge in [-0.15, -0.1) is 0 Å². The lowest BCUT2D eigenvalue weighted by Gasteiger charge is -2.42. The number of H-pyrrole nitrogens is 1. The van der Waals surface area contributed by atoms with Crippen LogP contribution in [0, 0.1) is 5.92 Å². The Kier molecular flexibility index (Phi) is 7.19. The van der Waals surface area contributed by atoms with Crippen molar-refractivity contribution in [2.75, 3.05) is 27.3 Å². The van der Waals surface area contributed by atoms with Crippen LogP contribution >= 0.6 is 0 Å². The van der Waals surface area contributed by atoms with E-state index in [1.165, 1.54) is 20.3 Å². The van der Waals surface area contributed by atoms with E-state index < -0.39 is 28.6 Å². The van der Waals surface area contributed by atoms with Crippen LogP contribution in [-0.2, 0) is 22.6 Å². The minimum atomic E-state index is -1.09. The normalized spacial score (nSPS) is 18.8. The number of ether oxygens (including phenoxy) is 2. The molecule has 1 fully saturated rings. The van der Waals surface area contributed by atoms with E-state index in [1.54, 1.807) is 36.4 Å². The quantitative estimate of drug-likeness (QED) is 0.319. The number of hydrogen-bond acceptors (Lipinski definition) is 9. The molecule has 0 unspecified atom stereocenters. The van der Waals surface area contributed by atoms with E-state index in [0.717, 1.165) is 12.1 Å². The van der Waals surface area contributed by atoms with Crippen LogP contribution in [0.2, 0.25) is 0 Å². The molecule has 42 heavy (non-hydrogen) atoms. The number of rotatable bonds is 7. The third-order valence-electron chi connectivity index (χ3n) is 8.31. The van der Waals surface area contributed by atoms with E-state index in [-0.39, 0.29) is 41.7 Å². The molecule has 0 spiro atoms. The fraction of sp³-hybridized carbons (Fsp3) is 0.355. The lowest BCUT2D eigenvalue weighted by Crippen LogP contribution is -2.46. The van der Waals surface area contributed by atoms with Gasteiger partial charge in [-0.05, 0) is 42.7 Å². The molecule has 1 aromatic carbocycles. The largest absolute Gasteiger partial charge is 0.502 e. The second kappa shape index (κ2) is 11.0. The Hall–Kier alpha value is -4.64. The number of hydrogen-bond donors (Lipinski definition) is 2. The lowest BCUT2D eigenvalue weighted by atomic mass is 9.83. The Morgan fingerprint density at radius 3 is 2.71 bits per heavy atom. The van der Waals surface area contributed by atoms with Crippen molar-refractivity contribution >= 4 is 16.9 Å². The van der Waals surface area contributed by atoms with Gasteiger partial charge in [0.1, 0.15) is 11.5 Å². The Balaban J connectivity index is 1.37. The Morgan fingerprint density at radius 1 is 1.10 bits per heavy atom. The van der Waals surface area contributed by atoms with E-state index in [4.69, 9.17) is 13.9 Å². The second-order valence-electron chi connectivity index (χ2n) is 11.0. The minimum Gasteiger partial charge on any atom is -0.502 e. The smallest absolute Gasteiger partial charge is 0.306 e. The Labute approximate surface area is 239 Å². The van der Waals surface area contributed by atoms with Crippen molar-refractivity contribution in [2.45, 2.75) is 37.8 Å². The summed E-state index contributed by atoms with van der Waals surface area (Å²) in [5.74, 6) is -1.28. The summed E-state index contributed by atoms with van der Waals surface area (Å²) in [5, 5.41) is 11.5. The van der Waals surface area contributed by atoms with Gasteiger partial charge in [-0.3, -0.25) is 24.1 Å². The highest BCUT2D eigenvalue weighted by Gasteiger charge is 2.35. The molecule has 0 radical (unpaired) electrons. The first kappa shape index (κ1) is 27.5. The molecular formula is C31H31N3O8. The molecule has 1 saturated heterocycles. The number of pyridine rings is 2. The van der Waals surface area contributed by atoms with Crippen LogP contribution in [0.4, 0.5) is 0 Å². The topological polar surface area (TPSA) is 144 Å². The van der Waals surface area contributed by atoms with E-state index >= 15 is 0 Å². The van der Waals surface area contributed by atoms with Gasteiger partial charge in [0.2, 0.25) is 11.2 Å². The van der Waals surface area contributed by atoms with Gasteiger partial charge in [-0.2, -0.15) is 0 Å². The maximum atomic E-state index is 13.2. The van der Waals surface area contributed by atoms with Crippen LogP contribution in [0.3, 0.4) is 0 Å². The van der Waals surface area contributed by atoms with Crippen LogP contribution in [0.1, 0.15) is 47.5 Å². The highest BCUT2D eigenvalue weighted by atomic mass is 16.5. The van der Waals surface area contributed by atoms with Crippen LogP contribution in [0.25, 0.3) is 10.9 Å². The van der Waals surface area contributed by atoms with Crippen molar-refractivity contribution in [1.29, 1.82) is 0 Å². The summed E-state index contributed by atoms with van der Waals surface area (Å²) in [4.78, 5) is 56.1. The number of carbonyl (C=O) groups is 1. The van der Waals surface area contributed by atoms with Gasteiger partial charge in [0.15, 0.2) is 5.76 Å². The molecule has 0 aliphatic carbocycles. The summed E-state index contributed by atoms with van der Waals surface area (Å²) >= 11 is 0. The summed E-state index contributed by atoms with van der Waals surface area (Å²) < 4.78 is 18.2. The van der Waals surface area contributed by atoms with Crippen molar-refractivity contribution in [3.05, 3.63) is 102 Å². The molecule has 0 amide bonds. The van der Waals surface area contributed by atoms with Gasteiger partial charge in [0.05, 0.1) is 33.1 Å². The molecule has 3 aromatic heterocycles. The molecule has 3 atom stereocenters. The monoisotopic (exact) mass is 573 g/mol. The van der Waals surface area contributed by atoms with Crippen molar-refractivity contribution in [3.63, 3.8) is 0 Å². The van der Waals surface area contributed by atoms with Crippen molar-refractivity contribution in [3.8, 4) is 11.5 Å². The summed E-state index contributed by atoms with van der Waals surface area (Å²) in [5.41, 5.74) is 0.526. The van der Waals surface area contributed by atoms with Gasteiger partial charge >= 0.3 is 5.97 Å². The van der Waals surface area contributed by atoms with E-state index in [1.807, 2.05) is 10.6 Å². The van der Waals surface area contributed by atoms with E-state index in [0.29, 0.717) is 42.0 Å². The Morgan fingerprint density at radius 2 is 1.93 bits per heavy atom. The molecular weight excluding hydrogens is 542 g/mol. The Bertz CT molecular complexity index is 1860. The summed E-state index contributed by atoms with van der Waals surface area (Å²) in [6, 6.07) is 13.3. The predicted octanol–water partition coefficient (Wildman–Crippen LogP) is 2.67. The number of esters is 1. The molecule has 11 nitrogen and oxygen atoms in total. The third-order valence-corrected chi connectivity index (χ3v) is 8.31. The van der Waals surface area contributed by atoms with Crippen molar-refractivity contribution in [1.82, 2.24) is 14.5 Å². The molecule has 0 saturated carbocycles. The SMILES string of the molecule is COC(=O)C[C@H](c1oc(CN2C[C@H]3C[C@@H](C2)c2cccc(=O)n2C3)cc(=O)c1O)c1cc2cc(OC)ccc2[nH]c1=O. The number of aromatic amines is 1. The van der Waals surface area contributed by atoms with E-state index in [9.17, 15) is 24.3 Å². The number of carbonyl (C=O) groups excluding carboxylic acids is 1. The standard InChI is InChI=1S/C31H31N3O8/c1-40-20-6-7-24-18(9-20)10-23(31(39)32-24)22(12-28(37)41-2)30-29(38)26(35)11-21(42-30)16-33-13-17-8-19(15-33)25-4-3-5-27(36)34(25)14-17/h3-7,9-11,17,19,22,38H,8,12-16H2,1-2H3,(H,32,39)/t17-,19+,22+/m1/s1. The first-order chi connectivity index (χ1) is 20.2. The zero-order valence-corrected chi connectivity index (χ0v) is 23.3. The number of aromatic nitrogens is 2. The van der Waals surface area contributed by atoms with E-state index in [2.05, 4.69) is 9.88 Å². The molecule has 11 heteroatoms. The number of piperidine rings is 1. The molecule has 2 aliphatic heterocycles. The summed E-state index contributed by atoms with van der Waals surface area (Å²) in [6.07, 6.45) is 0.635. The van der Waals surface area contributed by atoms with Crippen LogP contribution < -0.4 is 21.3 Å². The number of fused-ring (bicyclic) bond motifs is 5. The zero-order valence-electron chi connectivity index (χ0n) is 23.3. The highest BCUT2D eigenvalue weighted by molar-refractivity contribution is 5.81. The first-order valence-electron chi connectivity index (χ1n) is 13.8. The molecule has 4 aromatic rings. The number of methoxy groups -OCH3 is 2. The van der Waals surface area contributed by atoms with Gasteiger partial charge in [0.25, 0.3) is 11.1 Å². The maximum absolute atomic E-state index is 13.2. The fourth-order valence-corrected chi connectivity index (χ4v) is 6.40. The number of aromatic hydroxyl groups is 1. The molecule has 2 aliphatic rings. The number of benzene rings is 1. The fourth-order valence-electron chi connectivity index (χ4n) is 6.40. The minimum absolute atomic E-state index is 0.00333. The zero-order chi connectivity index (χ0) is 29.5. The molecule has 6 rings (SSSR count). The van der Waals surface area contributed by atoms with Crippen LogP contribution in [0.15, 0.2) is 67.3 Å². The third kappa shape index (κ3) is 5.11. The van der Waals surface area contributed by atoms with Gasteiger partial charge < -0.3 is 28.5 Å². The highest BCUT2D eigenvalue weighted by Crippen LogP contribution is 2.37. The first-order valence-corrected chi connectivity index (χ1v) is 13.8. The van der Waals surface area contributed by atoms with Crippen LogP contribution in [-0.4, -0.2) is 52.8 Å². The maximum Gasteiger partial charge on any atom is 0.306 e. The molecule has 2 bridgehead atoms. The van der Waals surface area contributed by atoms with Crippen molar-refractivity contribution in [2.24, 2.45) is 5.92 Å². The second-order valence-corrected chi connectivity index (χ2v) is 11.0. The molecule has 5 heterocycles. The number of nitrogens with zero attached hydrogens (tertiary/aromatic N) is 2. The summed E-state index contributed by atoms with van der Waals surface area (Å²) in [7, 11) is 2.75. The summed E-state index contributed by atoms with van der Waals surface area (Å²) in [6.45, 7) is 2.28. The van der Waals surface area contributed by atoms with Gasteiger partial charge in [-0.25, -0.2) is 0 Å².